The van der Waals surface area contributed by atoms with Crippen molar-refractivity contribution >= 4 is 12.0 Å². The van der Waals surface area contributed by atoms with Crippen LogP contribution in [0.4, 0.5) is 4.79 Å². The molecule has 2 aromatic rings. The number of piperazine rings is 1. The number of rotatable bonds is 6. The Hall–Kier alpha value is -3.06. The highest BCUT2D eigenvalue weighted by Crippen LogP contribution is 2.24. The van der Waals surface area contributed by atoms with Crippen LogP contribution in [0.15, 0.2) is 54.6 Å². The quantitative estimate of drug-likeness (QED) is 0.812. The van der Waals surface area contributed by atoms with Gasteiger partial charge in [-0.05, 0) is 25.1 Å². The third-order valence-electron chi connectivity index (χ3n) is 4.93. The summed E-state index contributed by atoms with van der Waals surface area (Å²) in [5, 5.41) is 3.02. The van der Waals surface area contributed by atoms with Gasteiger partial charge in [0.1, 0.15) is 11.5 Å². The summed E-state index contributed by atoms with van der Waals surface area (Å²) >= 11 is 0. The Kier molecular flexibility index (Phi) is 7.08. The van der Waals surface area contributed by atoms with Gasteiger partial charge in [0.2, 0.25) is 5.91 Å². The molecule has 0 radical (unpaired) electrons. The maximum Gasteiger partial charge on any atom is 0.415 e. The molecule has 2 amide bonds. The lowest BCUT2D eigenvalue weighted by Gasteiger charge is -2.33. The highest BCUT2D eigenvalue weighted by atomic mass is 16.6. The molecule has 1 aliphatic rings. The molecule has 154 valence electrons. The van der Waals surface area contributed by atoms with E-state index in [4.69, 9.17) is 9.47 Å². The minimum atomic E-state index is -0.356. The van der Waals surface area contributed by atoms with Crippen molar-refractivity contribution in [1.82, 2.24) is 15.1 Å². The third kappa shape index (κ3) is 5.71. The lowest BCUT2D eigenvalue weighted by Crippen LogP contribution is -2.51. The van der Waals surface area contributed by atoms with E-state index >= 15 is 0 Å². The summed E-state index contributed by atoms with van der Waals surface area (Å²) in [6.07, 6.45) is -0.356. The van der Waals surface area contributed by atoms with E-state index in [1.54, 1.807) is 24.1 Å². The van der Waals surface area contributed by atoms with Gasteiger partial charge in [0.25, 0.3) is 0 Å². The monoisotopic (exact) mass is 397 g/mol. The van der Waals surface area contributed by atoms with E-state index in [2.05, 4.69) is 5.32 Å². The molecule has 1 fully saturated rings. The molecule has 1 unspecified atom stereocenters. The Balaban J connectivity index is 1.44. The number of nitrogens with zero attached hydrogens (tertiary/aromatic N) is 2. The first-order valence-electron chi connectivity index (χ1n) is 9.73. The summed E-state index contributed by atoms with van der Waals surface area (Å²) in [6, 6.07) is 16.5. The van der Waals surface area contributed by atoms with Gasteiger partial charge < -0.3 is 19.7 Å². The van der Waals surface area contributed by atoms with Crippen LogP contribution in [0.5, 0.6) is 11.5 Å². The van der Waals surface area contributed by atoms with Gasteiger partial charge >= 0.3 is 6.09 Å². The zero-order valence-electron chi connectivity index (χ0n) is 16.8. The van der Waals surface area contributed by atoms with Crippen LogP contribution in [0.2, 0.25) is 0 Å². The number of benzene rings is 2. The van der Waals surface area contributed by atoms with Crippen LogP contribution in [0.1, 0.15) is 18.5 Å². The molecule has 1 N–H and O–H groups in total. The lowest BCUT2D eigenvalue weighted by molar-refractivity contribution is -0.123. The fourth-order valence-electron chi connectivity index (χ4n) is 3.33. The van der Waals surface area contributed by atoms with E-state index in [1.165, 1.54) is 0 Å². The summed E-state index contributed by atoms with van der Waals surface area (Å²) in [5.74, 6) is 1.24. The molecule has 2 aromatic carbocycles. The molecule has 0 spiro atoms. The maximum absolute atomic E-state index is 12.5. The number of nitrogens with one attached hydrogen (secondary N) is 1. The second-order valence-electron chi connectivity index (χ2n) is 6.98. The van der Waals surface area contributed by atoms with Crippen molar-refractivity contribution in [3.63, 3.8) is 0 Å². The number of ether oxygens (including phenoxy) is 2. The highest BCUT2D eigenvalue weighted by Gasteiger charge is 2.24. The SMILES string of the molecule is COc1ccccc1C(C)NC(=O)CN1CCN(C(=O)Oc2ccccc2)CC1. The van der Waals surface area contributed by atoms with E-state index in [-0.39, 0.29) is 18.0 Å². The predicted molar refractivity (Wildman–Crippen MR) is 110 cm³/mol. The fraction of sp³-hybridized carbons (Fsp3) is 0.364. The van der Waals surface area contributed by atoms with E-state index in [9.17, 15) is 9.59 Å². The minimum Gasteiger partial charge on any atom is -0.496 e. The van der Waals surface area contributed by atoms with Gasteiger partial charge in [0.05, 0.1) is 19.7 Å². The van der Waals surface area contributed by atoms with Crippen LogP contribution < -0.4 is 14.8 Å². The summed E-state index contributed by atoms with van der Waals surface area (Å²) < 4.78 is 10.7. The molecular formula is C22H27N3O4. The second-order valence-corrected chi connectivity index (χ2v) is 6.98. The lowest BCUT2D eigenvalue weighted by atomic mass is 10.1. The Labute approximate surface area is 171 Å². The van der Waals surface area contributed by atoms with Gasteiger partial charge in [-0.2, -0.15) is 0 Å². The molecule has 0 aliphatic carbocycles. The molecule has 0 bridgehead atoms. The molecule has 1 heterocycles. The van der Waals surface area contributed by atoms with Crippen LogP contribution in [-0.4, -0.2) is 61.6 Å². The number of carbonyl (C=O) groups excluding carboxylic acids is 2. The molecule has 1 aliphatic heterocycles. The predicted octanol–water partition coefficient (Wildman–Crippen LogP) is 2.69. The normalized spacial score (nSPS) is 15.4. The van der Waals surface area contributed by atoms with Crippen LogP contribution in [0.3, 0.4) is 0 Å². The van der Waals surface area contributed by atoms with Crippen molar-refractivity contribution < 1.29 is 19.1 Å². The Bertz CT molecular complexity index is 820. The number of carbonyl (C=O) groups is 2. The molecule has 0 aromatic heterocycles. The van der Waals surface area contributed by atoms with Crippen molar-refractivity contribution in [2.45, 2.75) is 13.0 Å². The zero-order chi connectivity index (χ0) is 20.6. The average molecular weight is 397 g/mol. The number of methoxy groups -OCH3 is 1. The molecule has 1 atom stereocenters. The van der Waals surface area contributed by atoms with Crippen molar-refractivity contribution in [2.24, 2.45) is 0 Å². The smallest absolute Gasteiger partial charge is 0.415 e. The van der Waals surface area contributed by atoms with E-state index in [1.807, 2.05) is 54.3 Å². The average Bonchev–Trinajstić information content (AvgIpc) is 2.74. The summed E-state index contributed by atoms with van der Waals surface area (Å²) in [5.41, 5.74) is 0.942. The summed E-state index contributed by atoms with van der Waals surface area (Å²) in [7, 11) is 1.62. The summed E-state index contributed by atoms with van der Waals surface area (Å²) in [4.78, 5) is 28.4. The minimum absolute atomic E-state index is 0.0521. The number of hydrogen-bond acceptors (Lipinski definition) is 5. The van der Waals surface area contributed by atoms with Crippen LogP contribution in [0, 0.1) is 0 Å². The van der Waals surface area contributed by atoms with Crippen molar-refractivity contribution in [3.05, 3.63) is 60.2 Å². The number of para-hydroxylation sites is 2. The third-order valence-corrected chi connectivity index (χ3v) is 4.93. The topological polar surface area (TPSA) is 71.1 Å². The maximum atomic E-state index is 12.5. The Morgan fingerprint density at radius 3 is 2.34 bits per heavy atom. The number of hydrogen-bond donors (Lipinski definition) is 1. The van der Waals surface area contributed by atoms with Gasteiger partial charge in [0, 0.05) is 31.7 Å². The van der Waals surface area contributed by atoms with Crippen LogP contribution >= 0.6 is 0 Å². The number of amides is 2. The largest absolute Gasteiger partial charge is 0.496 e. The Morgan fingerprint density at radius 2 is 1.66 bits per heavy atom. The molecule has 3 rings (SSSR count). The zero-order valence-corrected chi connectivity index (χ0v) is 16.8. The first-order chi connectivity index (χ1) is 14.1. The summed E-state index contributed by atoms with van der Waals surface area (Å²) in [6.45, 7) is 4.54. The first kappa shape index (κ1) is 20.7. The van der Waals surface area contributed by atoms with Crippen LogP contribution in [-0.2, 0) is 4.79 Å². The van der Waals surface area contributed by atoms with Gasteiger partial charge in [-0.3, -0.25) is 9.69 Å². The van der Waals surface area contributed by atoms with Crippen molar-refractivity contribution in [3.8, 4) is 11.5 Å². The molecule has 1 saturated heterocycles. The molecule has 7 heteroatoms. The fourth-order valence-corrected chi connectivity index (χ4v) is 3.33. The molecule has 7 nitrogen and oxygen atoms in total. The van der Waals surface area contributed by atoms with Crippen molar-refractivity contribution in [2.75, 3.05) is 39.8 Å². The molecule has 29 heavy (non-hydrogen) atoms. The van der Waals surface area contributed by atoms with E-state index in [0.717, 1.165) is 11.3 Å². The van der Waals surface area contributed by atoms with Gasteiger partial charge in [-0.1, -0.05) is 36.4 Å². The van der Waals surface area contributed by atoms with Crippen LogP contribution in [0.25, 0.3) is 0 Å². The van der Waals surface area contributed by atoms with E-state index in [0.29, 0.717) is 38.5 Å². The molecular weight excluding hydrogens is 370 g/mol. The second kappa shape index (κ2) is 9.93. The molecule has 0 saturated carbocycles. The van der Waals surface area contributed by atoms with Crippen molar-refractivity contribution in [1.29, 1.82) is 0 Å². The van der Waals surface area contributed by atoms with E-state index < -0.39 is 0 Å². The van der Waals surface area contributed by atoms with Gasteiger partial charge in [0.15, 0.2) is 0 Å². The van der Waals surface area contributed by atoms with Gasteiger partial charge in [-0.15, -0.1) is 0 Å². The highest BCUT2D eigenvalue weighted by molar-refractivity contribution is 5.78. The van der Waals surface area contributed by atoms with Gasteiger partial charge in [-0.25, -0.2) is 4.79 Å². The standard InChI is InChI=1S/C22H27N3O4/c1-17(19-10-6-7-11-20(19)28-2)23-21(26)16-24-12-14-25(15-13-24)22(27)29-18-8-4-3-5-9-18/h3-11,17H,12-16H2,1-2H3,(H,23,26). The first-order valence-corrected chi connectivity index (χ1v) is 9.73. The Morgan fingerprint density at radius 1 is 1.00 bits per heavy atom.